The first kappa shape index (κ1) is 25.7. The van der Waals surface area contributed by atoms with Gasteiger partial charge >= 0.3 is 11.9 Å². The Kier molecular flexibility index (Phi) is 5.92. The summed E-state index contributed by atoms with van der Waals surface area (Å²) < 4.78 is 5.78. The first-order valence-corrected chi connectivity index (χ1v) is 13.7. The molecule has 2 fully saturated rings. The van der Waals surface area contributed by atoms with Crippen LogP contribution in [0, 0.1) is 34.5 Å². The lowest BCUT2D eigenvalue weighted by Crippen LogP contribution is -2.45. The van der Waals surface area contributed by atoms with Gasteiger partial charge in [0.15, 0.2) is 5.60 Å². The molecule has 198 valence electrons. The molecule has 1 unspecified atom stereocenters. The van der Waals surface area contributed by atoms with Gasteiger partial charge in [-0.2, -0.15) is 0 Å². The predicted molar refractivity (Wildman–Crippen MR) is 136 cm³/mol. The van der Waals surface area contributed by atoms with Crippen LogP contribution in [0.5, 0.6) is 0 Å². The molecular weight excluding hydrogens is 456 g/mol. The molecule has 5 aliphatic rings. The number of allylic oxidation sites excluding steroid dienone is 4. The molecule has 0 saturated heterocycles. The van der Waals surface area contributed by atoms with Crippen LogP contribution in [0.15, 0.2) is 34.9 Å². The Morgan fingerprint density at radius 3 is 2.50 bits per heavy atom. The van der Waals surface area contributed by atoms with Gasteiger partial charge in [0.1, 0.15) is 5.60 Å². The second kappa shape index (κ2) is 8.29. The minimum Gasteiger partial charge on any atom is -0.479 e. The van der Waals surface area contributed by atoms with E-state index in [2.05, 4.69) is 19.9 Å². The maximum Gasteiger partial charge on any atom is 0.335 e. The standard InChI is InChI=1S/C30H42O6/c1-27(2)21-7-8-22-18(14-17(21)6-9-25(32)36-27)10-12-29(4)23(11-13-28(22,29)3)20-15-19(16-24(20)31)30(5,35)26(33)34/h6,9,14,19-21,23-24,31,35H,7-8,10-13,15-16H2,1-5H3,(H,33,34)/t19-,20+,21-,23?,24-,28+,29-,30-/m1/s1. The summed E-state index contributed by atoms with van der Waals surface area (Å²) in [5.41, 5.74) is 1.74. The van der Waals surface area contributed by atoms with Crippen molar-refractivity contribution in [3.05, 3.63) is 34.9 Å². The molecule has 0 aromatic heterocycles. The summed E-state index contributed by atoms with van der Waals surface area (Å²) in [6, 6.07) is 0. The summed E-state index contributed by atoms with van der Waals surface area (Å²) in [4.78, 5) is 23.8. The average Bonchev–Trinajstić information content (AvgIpc) is 3.16. The number of aliphatic hydroxyl groups is 2. The van der Waals surface area contributed by atoms with Gasteiger partial charge in [-0.1, -0.05) is 31.6 Å². The van der Waals surface area contributed by atoms with Gasteiger partial charge in [-0.05, 0) is 106 Å². The minimum atomic E-state index is -1.81. The molecule has 3 N–H and O–H groups in total. The van der Waals surface area contributed by atoms with Gasteiger partial charge in [0.05, 0.1) is 6.10 Å². The number of carbonyl (C=O) groups excluding carboxylic acids is 1. The molecule has 4 aliphatic carbocycles. The zero-order valence-corrected chi connectivity index (χ0v) is 22.3. The van der Waals surface area contributed by atoms with Gasteiger partial charge in [-0.25, -0.2) is 9.59 Å². The molecule has 2 saturated carbocycles. The van der Waals surface area contributed by atoms with Crippen molar-refractivity contribution in [2.75, 3.05) is 0 Å². The molecule has 36 heavy (non-hydrogen) atoms. The van der Waals surface area contributed by atoms with Crippen LogP contribution in [0.4, 0.5) is 0 Å². The lowest BCUT2D eigenvalue weighted by Gasteiger charge is -2.52. The van der Waals surface area contributed by atoms with Crippen LogP contribution in [0.25, 0.3) is 0 Å². The summed E-state index contributed by atoms with van der Waals surface area (Å²) in [6.45, 7) is 10.2. The number of aliphatic hydroxyl groups excluding tert-OH is 1. The minimum absolute atomic E-state index is 0.00350. The van der Waals surface area contributed by atoms with E-state index in [4.69, 9.17) is 4.74 Å². The van der Waals surface area contributed by atoms with Crippen molar-refractivity contribution in [1.29, 1.82) is 0 Å². The number of hydrogen-bond acceptors (Lipinski definition) is 5. The van der Waals surface area contributed by atoms with Crippen LogP contribution in [0.1, 0.15) is 86.0 Å². The van der Waals surface area contributed by atoms with E-state index in [9.17, 15) is 24.9 Å². The average molecular weight is 499 g/mol. The van der Waals surface area contributed by atoms with E-state index in [1.54, 1.807) is 6.08 Å². The molecule has 5 rings (SSSR count). The highest BCUT2D eigenvalue weighted by Crippen LogP contribution is 2.69. The predicted octanol–water partition coefficient (Wildman–Crippen LogP) is 4.95. The normalized spacial score (nSPS) is 43.4. The van der Waals surface area contributed by atoms with Gasteiger partial charge in [-0.15, -0.1) is 0 Å². The molecular formula is C30H42O6. The fraction of sp³-hybridized carbons (Fsp3) is 0.733. The fourth-order valence-corrected chi connectivity index (χ4v) is 8.91. The quantitative estimate of drug-likeness (QED) is 0.476. The number of carbonyl (C=O) groups is 2. The first-order chi connectivity index (χ1) is 16.7. The molecule has 0 aromatic rings. The third kappa shape index (κ3) is 3.65. The Labute approximate surface area is 214 Å². The number of fused-ring (bicyclic) bond motifs is 3. The molecule has 0 spiro atoms. The van der Waals surface area contributed by atoms with Gasteiger partial charge in [0.2, 0.25) is 0 Å². The fourth-order valence-electron chi connectivity index (χ4n) is 8.91. The Bertz CT molecular complexity index is 1060. The zero-order valence-electron chi connectivity index (χ0n) is 22.3. The third-order valence-corrected chi connectivity index (χ3v) is 11.4. The third-order valence-electron chi connectivity index (χ3n) is 11.4. The maximum absolute atomic E-state index is 12.1. The summed E-state index contributed by atoms with van der Waals surface area (Å²) in [7, 11) is 0. The Morgan fingerprint density at radius 1 is 1.08 bits per heavy atom. The molecule has 1 aliphatic heterocycles. The van der Waals surface area contributed by atoms with Crippen molar-refractivity contribution < 1.29 is 29.6 Å². The number of aliphatic carboxylic acids is 1. The Morgan fingerprint density at radius 2 is 1.81 bits per heavy atom. The molecule has 1 heterocycles. The van der Waals surface area contributed by atoms with Gasteiger partial charge in [0, 0.05) is 17.9 Å². The van der Waals surface area contributed by atoms with Crippen LogP contribution in [-0.2, 0) is 14.3 Å². The summed E-state index contributed by atoms with van der Waals surface area (Å²) in [5.74, 6) is -1.48. The lowest BCUT2D eigenvalue weighted by molar-refractivity contribution is -0.162. The van der Waals surface area contributed by atoms with Crippen LogP contribution >= 0.6 is 0 Å². The summed E-state index contributed by atoms with van der Waals surface area (Å²) in [5, 5.41) is 31.3. The maximum atomic E-state index is 12.1. The van der Waals surface area contributed by atoms with Crippen LogP contribution in [-0.4, -0.2) is 44.6 Å². The number of carboxylic acid groups (broad SMARTS) is 1. The lowest BCUT2D eigenvalue weighted by atomic mass is 9.52. The van der Waals surface area contributed by atoms with Gasteiger partial charge < -0.3 is 20.1 Å². The number of cyclic esters (lactones) is 1. The number of carboxylic acids is 1. The van der Waals surface area contributed by atoms with Crippen molar-refractivity contribution in [2.24, 2.45) is 34.5 Å². The second-order valence-corrected chi connectivity index (χ2v) is 13.3. The molecule has 6 nitrogen and oxygen atoms in total. The van der Waals surface area contributed by atoms with Gasteiger partial charge in [-0.3, -0.25) is 0 Å². The molecule has 0 bridgehead atoms. The molecule has 0 aromatic carbocycles. The van der Waals surface area contributed by atoms with Crippen molar-refractivity contribution in [3.63, 3.8) is 0 Å². The number of rotatable bonds is 3. The van der Waals surface area contributed by atoms with Crippen LogP contribution < -0.4 is 0 Å². The zero-order chi connectivity index (χ0) is 26.3. The van der Waals surface area contributed by atoms with Crippen molar-refractivity contribution >= 4 is 11.9 Å². The summed E-state index contributed by atoms with van der Waals surface area (Å²) >= 11 is 0. The highest BCUT2D eigenvalue weighted by molar-refractivity contribution is 5.83. The number of esters is 1. The highest BCUT2D eigenvalue weighted by atomic mass is 16.6. The number of hydrogen-bond donors (Lipinski definition) is 3. The monoisotopic (exact) mass is 498 g/mol. The van der Waals surface area contributed by atoms with E-state index in [0.29, 0.717) is 18.8 Å². The Hall–Kier alpha value is -1.92. The number of ether oxygens (including phenoxy) is 1. The topological polar surface area (TPSA) is 104 Å². The van der Waals surface area contributed by atoms with Crippen molar-refractivity contribution in [2.45, 2.75) is 103 Å². The van der Waals surface area contributed by atoms with E-state index in [-0.39, 0.29) is 28.6 Å². The molecule has 0 amide bonds. The largest absolute Gasteiger partial charge is 0.479 e. The molecule has 6 heteroatoms. The smallest absolute Gasteiger partial charge is 0.335 e. The van der Waals surface area contributed by atoms with Crippen LogP contribution in [0.3, 0.4) is 0 Å². The van der Waals surface area contributed by atoms with E-state index in [1.807, 2.05) is 19.9 Å². The highest BCUT2D eigenvalue weighted by Gasteiger charge is 2.62. The second-order valence-electron chi connectivity index (χ2n) is 13.3. The van der Waals surface area contributed by atoms with Gasteiger partial charge in [0.25, 0.3) is 0 Å². The van der Waals surface area contributed by atoms with E-state index in [1.165, 1.54) is 23.6 Å². The van der Waals surface area contributed by atoms with Crippen LogP contribution in [0.2, 0.25) is 0 Å². The molecule has 8 atom stereocenters. The van der Waals surface area contributed by atoms with Crippen molar-refractivity contribution in [3.8, 4) is 0 Å². The van der Waals surface area contributed by atoms with Crippen molar-refractivity contribution in [1.82, 2.24) is 0 Å². The van der Waals surface area contributed by atoms with E-state index >= 15 is 0 Å². The van der Waals surface area contributed by atoms with E-state index < -0.39 is 29.2 Å². The SMILES string of the molecule is CC1(C)OC(=O)C=CC2=CC3=C(CC[C@H]21)[C@]1(C)CCC([C@@H]2C[C@@H]([C@@](C)(O)C(=O)O)C[C@H]2O)[C@@]1(C)CC3. The Balaban J connectivity index is 1.46. The molecule has 0 radical (unpaired) electrons. The first-order valence-electron chi connectivity index (χ1n) is 13.7. The van der Waals surface area contributed by atoms with E-state index in [0.717, 1.165) is 38.5 Å². The summed E-state index contributed by atoms with van der Waals surface area (Å²) in [6.07, 6.45) is 12.1.